The van der Waals surface area contributed by atoms with Gasteiger partial charge in [0.1, 0.15) is 6.61 Å². The summed E-state index contributed by atoms with van der Waals surface area (Å²) in [4.78, 5) is 24.4. The molecule has 0 spiro atoms. The molecule has 0 aromatic heterocycles. The maximum atomic E-state index is 12.2. The second kappa shape index (κ2) is 59.2. The van der Waals surface area contributed by atoms with Crippen molar-refractivity contribution in [3.8, 4) is 0 Å². The third-order valence-corrected chi connectivity index (χ3v) is 13.6. The molecule has 0 bridgehead atoms. The van der Waals surface area contributed by atoms with Crippen molar-refractivity contribution in [2.75, 3.05) is 13.2 Å². The van der Waals surface area contributed by atoms with Gasteiger partial charge in [-0.15, -0.1) is 0 Å². The first kappa shape index (κ1) is 65.9. The van der Waals surface area contributed by atoms with Gasteiger partial charge in [-0.25, -0.2) is 0 Å². The van der Waals surface area contributed by atoms with Gasteiger partial charge in [-0.1, -0.05) is 287 Å². The highest BCUT2D eigenvalue weighted by Crippen LogP contribution is 2.18. The molecule has 5 heteroatoms. The van der Waals surface area contributed by atoms with Gasteiger partial charge in [0.05, 0.1) is 6.61 Å². The smallest absolute Gasteiger partial charge is 0.306 e. The number of unbranched alkanes of at least 4 members (excludes halogenated alkanes) is 40. The van der Waals surface area contributed by atoms with E-state index in [1.54, 1.807) is 0 Å². The Bertz CT molecular complexity index is 1120. The Kier molecular flexibility index (Phi) is 57.3. The van der Waals surface area contributed by atoms with Crippen LogP contribution in [0.2, 0.25) is 0 Å². The molecule has 1 unspecified atom stereocenters. The molecule has 0 aliphatic heterocycles. The van der Waals surface area contributed by atoms with Crippen molar-refractivity contribution < 1.29 is 24.2 Å². The summed E-state index contributed by atoms with van der Waals surface area (Å²) in [7, 11) is 0. The Morgan fingerprint density at radius 1 is 0.353 bits per heavy atom. The standard InChI is InChI=1S/C63H116O5/c1-3-5-7-9-11-13-15-17-18-19-20-21-22-23-24-25-26-27-28-29-30-31-32-33-34-35-36-37-38-39-40-41-42-43-44-46-47-49-51-53-55-57-62(65)67-60-61(59-64)68-63(66)58-56-54-52-50-48-45-16-14-12-10-8-6-4-2/h6,8,12,14,19-20,45,48,61,64H,3-5,7,9-11,13,15-18,21-44,46-47,49-60H2,1-2H3/b8-6-,14-12-,20-19-,48-45-. The molecule has 68 heavy (non-hydrogen) atoms. The minimum absolute atomic E-state index is 0.0752. The lowest BCUT2D eigenvalue weighted by Gasteiger charge is -2.15. The quantitative estimate of drug-likeness (QED) is 0.0374. The molecule has 0 heterocycles. The van der Waals surface area contributed by atoms with Crippen LogP contribution in [-0.2, 0) is 19.1 Å². The third-order valence-electron chi connectivity index (χ3n) is 13.6. The summed E-state index contributed by atoms with van der Waals surface area (Å²) in [5.74, 6) is -0.614. The highest BCUT2D eigenvalue weighted by Gasteiger charge is 2.16. The fourth-order valence-electron chi connectivity index (χ4n) is 9.10. The molecule has 398 valence electrons. The zero-order valence-corrected chi connectivity index (χ0v) is 45.6. The Balaban J connectivity index is 3.34. The van der Waals surface area contributed by atoms with Crippen molar-refractivity contribution in [1.29, 1.82) is 0 Å². The largest absolute Gasteiger partial charge is 0.462 e. The number of ether oxygens (including phenoxy) is 2. The SMILES string of the molecule is CC/C=C\C/C=C\C/C=C\CCCCCC(=O)OC(CO)COC(=O)CCCCCCCCCCCCCCCCCCCCCCCCCCCCCCC/C=C\CCCCCCCCCC. The molecule has 0 fully saturated rings. The molecule has 5 nitrogen and oxygen atoms in total. The van der Waals surface area contributed by atoms with Crippen LogP contribution in [0.15, 0.2) is 48.6 Å². The monoisotopic (exact) mass is 953 g/mol. The predicted molar refractivity (Wildman–Crippen MR) is 297 cm³/mol. The van der Waals surface area contributed by atoms with E-state index >= 15 is 0 Å². The Hall–Kier alpha value is -2.14. The van der Waals surface area contributed by atoms with E-state index in [0.717, 1.165) is 64.2 Å². The summed E-state index contributed by atoms with van der Waals surface area (Å²) in [6.45, 7) is 4.03. The predicted octanol–water partition coefficient (Wildman–Crippen LogP) is 20.4. The Morgan fingerprint density at radius 3 is 0.985 bits per heavy atom. The van der Waals surface area contributed by atoms with Crippen molar-refractivity contribution in [3.05, 3.63) is 48.6 Å². The summed E-state index contributed by atoms with van der Waals surface area (Å²) in [6, 6.07) is 0. The molecule has 0 amide bonds. The first-order valence-electron chi connectivity index (χ1n) is 30.2. The van der Waals surface area contributed by atoms with Crippen LogP contribution in [0, 0.1) is 0 Å². The van der Waals surface area contributed by atoms with Crippen molar-refractivity contribution in [3.63, 3.8) is 0 Å². The van der Waals surface area contributed by atoms with Gasteiger partial charge >= 0.3 is 11.9 Å². The number of aliphatic hydroxyl groups is 1. The molecule has 0 aromatic rings. The second-order valence-corrected chi connectivity index (χ2v) is 20.4. The fourth-order valence-corrected chi connectivity index (χ4v) is 9.10. The first-order chi connectivity index (χ1) is 33.6. The van der Waals surface area contributed by atoms with Gasteiger partial charge in [0.2, 0.25) is 0 Å². The zero-order chi connectivity index (χ0) is 49.2. The van der Waals surface area contributed by atoms with Gasteiger partial charge < -0.3 is 14.6 Å². The van der Waals surface area contributed by atoms with E-state index in [1.807, 2.05) is 0 Å². The van der Waals surface area contributed by atoms with Crippen LogP contribution >= 0.6 is 0 Å². The lowest BCUT2D eigenvalue weighted by molar-refractivity contribution is -0.161. The minimum Gasteiger partial charge on any atom is -0.462 e. The molecule has 0 aliphatic rings. The van der Waals surface area contributed by atoms with E-state index in [2.05, 4.69) is 62.5 Å². The van der Waals surface area contributed by atoms with Crippen molar-refractivity contribution in [2.45, 2.75) is 328 Å². The molecule has 0 rings (SSSR count). The lowest BCUT2D eigenvalue weighted by Crippen LogP contribution is -2.28. The molecular formula is C63H116O5. The molecule has 0 aliphatic carbocycles. The number of esters is 2. The van der Waals surface area contributed by atoms with Gasteiger partial charge in [-0.05, 0) is 70.6 Å². The Labute approximate surface area is 424 Å². The van der Waals surface area contributed by atoms with Gasteiger partial charge in [-0.2, -0.15) is 0 Å². The summed E-state index contributed by atoms with van der Waals surface area (Å²) in [5.41, 5.74) is 0. The number of rotatable bonds is 56. The molecular weight excluding hydrogens is 837 g/mol. The number of hydrogen-bond donors (Lipinski definition) is 1. The highest BCUT2D eigenvalue weighted by atomic mass is 16.6. The molecule has 0 aromatic carbocycles. The van der Waals surface area contributed by atoms with Gasteiger partial charge in [0.15, 0.2) is 6.10 Å². The highest BCUT2D eigenvalue weighted by molar-refractivity contribution is 5.70. The van der Waals surface area contributed by atoms with Crippen molar-refractivity contribution in [2.24, 2.45) is 0 Å². The van der Waals surface area contributed by atoms with Crippen LogP contribution < -0.4 is 0 Å². The van der Waals surface area contributed by atoms with E-state index in [0.29, 0.717) is 12.8 Å². The van der Waals surface area contributed by atoms with Gasteiger partial charge in [0.25, 0.3) is 0 Å². The average molecular weight is 954 g/mol. The summed E-state index contributed by atoms with van der Waals surface area (Å²) >= 11 is 0. The number of carbonyl (C=O) groups is 2. The normalized spacial score (nSPS) is 12.5. The van der Waals surface area contributed by atoms with E-state index in [9.17, 15) is 14.7 Å². The zero-order valence-electron chi connectivity index (χ0n) is 45.6. The van der Waals surface area contributed by atoms with E-state index in [1.165, 1.54) is 231 Å². The lowest BCUT2D eigenvalue weighted by atomic mass is 10.0. The molecule has 0 saturated carbocycles. The van der Waals surface area contributed by atoms with Crippen LogP contribution in [0.25, 0.3) is 0 Å². The van der Waals surface area contributed by atoms with Crippen LogP contribution in [0.4, 0.5) is 0 Å². The maximum absolute atomic E-state index is 12.2. The fraction of sp³-hybridized carbons (Fsp3) is 0.841. The van der Waals surface area contributed by atoms with Crippen LogP contribution in [0.3, 0.4) is 0 Å². The second-order valence-electron chi connectivity index (χ2n) is 20.4. The number of hydrogen-bond acceptors (Lipinski definition) is 5. The number of carbonyl (C=O) groups excluding carboxylic acids is 2. The van der Waals surface area contributed by atoms with Crippen LogP contribution in [0.1, 0.15) is 322 Å². The minimum atomic E-state index is -0.786. The molecule has 0 saturated heterocycles. The molecule has 1 atom stereocenters. The summed E-state index contributed by atoms with van der Waals surface area (Å²) in [5, 5.41) is 9.61. The van der Waals surface area contributed by atoms with Crippen molar-refractivity contribution >= 4 is 11.9 Å². The molecule has 0 radical (unpaired) electrons. The summed E-state index contributed by atoms with van der Waals surface area (Å²) in [6.07, 6.45) is 78.6. The Morgan fingerprint density at radius 2 is 0.632 bits per heavy atom. The van der Waals surface area contributed by atoms with E-state index < -0.39 is 6.10 Å². The summed E-state index contributed by atoms with van der Waals surface area (Å²) < 4.78 is 10.6. The van der Waals surface area contributed by atoms with Gasteiger partial charge in [-0.3, -0.25) is 9.59 Å². The number of aliphatic hydroxyl groups excluding tert-OH is 1. The van der Waals surface area contributed by atoms with Crippen molar-refractivity contribution in [1.82, 2.24) is 0 Å². The average Bonchev–Trinajstić information content (AvgIpc) is 3.34. The molecule has 1 N–H and O–H groups in total. The maximum Gasteiger partial charge on any atom is 0.306 e. The number of allylic oxidation sites excluding steroid dienone is 8. The van der Waals surface area contributed by atoms with E-state index in [-0.39, 0.29) is 25.2 Å². The first-order valence-corrected chi connectivity index (χ1v) is 30.2. The topological polar surface area (TPSA) is 72.8 Å². The van der Waals surface area contributed by atoms with E-state index in [4.69, 9.17) is 9.47 Å². The van der Waals surface area contributed by atoms with Crippen LogP contribution in [0.5, 0.6) is 0 Å². The van der Waals surface area contributed by atoms with Gasteiger partial charge in [0, 0.05) is 12.8 Å². The third kappa shape index (κ3) is 56.4. The van der Waals surface area contributed by atoms with Crippen LogP contribution in [-0.4, -0.2) is 36.4 Å².